The molecule has 0 radical (unpaired) electrons. The van der Waals surface area contributed by atoms with E-state index < -0.39 is 0 Å². The van der Waals surface area contributed by atoms with Crippen LogP contribution in [0.2, 0.25) is 0 Å². The predicted molar refractivity (Wildman–Crippen MR) is 138 cm³/mol. The number of nitrogens with zero attached hydrogens (tertiary/aromatic N) is 5. The van der Waals surface area contributed by atoms with E-state index in [-0.39, 0.29) is 11.1 Å². The van der Waals surface area contributed by atoms with Gasteiger partial charge in [0.15, 0.2) is 5.52 Å². The topological polar surface area (TPSA) is 110 Å². The van der Waals surface area contributed by atoms with Gasteiger partial charge >= 0.3 is 0 Å². The maximum absolute atomic E-state index is 12.8. The molecule has 10 nitrogen and oxygen atoms in total. The fraction of sp³-hybridized carbons (Fsp3) is 0.231. The molecule has 0 bridgehead atoms. The van der Waals surface area contributed by atoms with Crippen LogP contribution in [0, 0.1) is 0 Å². The lowest BCUT2D eigenvalue weighted by Gasteiger charge is -2.30. The van der Waals surface area contributed by atoms with E-state index in [9.17, 15) is 4.79 Å². The zero-order valence-corrected chi connectivity index (χ0v) is 20.0. The van der Waals surface area contributed by atoms with E-state index in [0.717, 1.165) is 59.8 Å². The van der Waals surface area contributed by atoms with Crippen molar-refractivity contribution in [1.82, 2.24) is 30.3 Å². The van der Waals surface area contributed by atoms with Gasteiger partial charge in [0.05, 0.1) is 31.1 Å². The first-order valence-corrected chi connectivity index (χ1v) is 11.7. The molecule has 4 heterocycles. The minimum atomic E-state index is -0.285. The lowest BCUT2D eigenvalue weighted by Crippen LogP contribution is -2.43. The number of H-pyrrole nitrogens is 1. The number of piperazine rings is 1. The number of hydrogen-bond donors (Lipinski definition) is 2. The second-order valence-electron chi connectivity index (χ2n) is 8.60. The van der Waals surface area contributed by atoms with Crippen LogP contribution in [0.3, 0.4) is 0 Å². The number of pyridine rings is 2. The summed E-state index contributed by atoms with van der Waals surface area (Å²) in [4.78, 5) is 22.4. The molecule has 0 spiro atoms. The largest absolute Gasteiger partial charge is 0.495 e. The Morgan fingerprint density at radius 2 is 1.78 bits per heavy atom. The van der Waals surface area contributed by atoms with Crippen molar-refractivity contribution >= 4 is 27.6 Å². The molecule has 2 aromatic carbocycles. The molecular formula is C26H25N7O3. The maximum Gasteiger partial charge on any atom is 0.278 e. The van der Waals surface area contributed by atoms with Gasteiger partial charge < -0.3 is 24.7 Å². The molecule has 1 aliphatic heterocycles. The third-order valence-corrected chi connectivity index (χ3v) is 6.55. The van der Waals surface area contributed by atoms with Gasteiger partial charge in [-0.1, -0.05) is 11.3 Å². The first kappa shape index (κ1) is 22.1. The van der Waals surface area contributed by atoms with E-state index in [1.165, 1.54) is 0 Å². The van der Waals surface area contributed by atoms with Gasteiger partial charge in [-0.15, -0.1) is 5.10 Å². The van der Waals surface area contributed by atoms with E-state index in [2.05, 4.69) is 30.5 Å². The minimum absolute atomic E-state index is 0.276. The van der Waals surface area contributed by atoms with Gasteiger partial charge in [0.1, 0.15) is 11.3 Å². The number of aromatic nitrogens is 5. The van der Waals surface area contributed by atoms with E-state index in [0.29, 0.717) is 16.9 Å². The van der Waals surface area contributed by atoms with Crippen molar-refractivity contribution in [2.45, 2.75) is 0 Å². The SMILES string of the molecule is COc1ccc(-c2ccc3[nH]c(=O)c4nnn(-c5ccc(N6CCNCC6)c(OC)c5)c4c3c2)cn1. The monoisotopic (exact) mass is 483 g/mol. The van der Waals surface area contributed by atoms with E-state index in [1.807, 2.05) is 48.5 Å². The Kier molecular flexibility index (Phi) is 5.49. The number of benzene rings is 2. The first-order chi connectivity index (χ1) is 17.7. The van der Waals surface area contributed by atoms with Crippen molar-refractivity contribution in [3.05, 3.63) is 65.1 Å². The van der Waals surface area contributed by atoms with Crippen LogP contribution in [-0.4, -0.2) is 65.4 Å². The van der Waals surface area contributed by atoms with Gasteiger partial charge in [0.25, 0.3) is 5.56 Å². The molecule has 1 aliphatic rings. The number of methoxy groups -OCH3 is 2. The summed E-state index contributed by atoms with van der Waals surface area (Å²) < 4.78 is 12.6. The van der Waals surface area contributed by atoms with E-state index in [1.54, 1.807) is 25.1 Å². The van der Waals surface area contributed by atoms with Crippen molar-refractivity contribution in [3.63, 3.8) is 0 Å². The second-order valence-corrected chi connectivity index (χ2v) is 8.60. The summed E-state index contributed by atoms with van der Waals surface area (Å²) in [5, 5.41) is 12.8. The number of anilines is 1. The fourth-order valence-corrected chi connectivity index (χ4v) is 4.70. The number of hydrogen-bond acceptors (Lipinski definition) is 8. The molecule has 0 amide bonds. The van der Waals surface area contributed by atoms with Crippen LogP contribution in [-0.2, 0) is 0 Å². The summed E-state index contributed by atoms with van der Waals surface area (Å²) in [5.41, 5.74) is 4.99. The normalized spacial score (nSPS) is 13.9. The van der Waals surface area contributed by atoms with Crippen molar-refractivity contribution in [1.29, 1.82) is 0 Å². The number of nitrogens with one attached hydrogen (secondary N) is 2. The van der Waals surface area contributed by atoms with Crippen LogP contribution < -0.4 is 25.2 Å². The molecule has 1 saturated heterocycles. The molecule has 1 fully saturated rings. The highest BCUT2D eigenvalue weighted by molar-refractivity contribution is 6.04. The Morgan fingerprint density at radius 1 is 0.944 bits per heavy atom. The zero-order valence-electron chi connectivity index (χ0n) is 20.0. The molecule has 0 saturated carbocycles. The maximum atomic E-state index is 12.8. The van der Waals surface area contributed by atoms with Crippen LogP contribution >= 0.6 is 0 Å². The highest BCUT2D eigenvalue weighted by Gasteiger charge is 2.19. The first-order valence-electron chi connectivity index (χ1n) is 11.7. The fourth-order valence-electron chi connectivity index (χ4n) is 4.70. The van der Waals surface area contributed by atoms with Crippen molar-refractivity contribution in [2.24, 2.45) is 0 Å². The highest BCUT2D eigenvalue weighted by Crippen LogP contribution is 2.33. The van der Waals surface area contributed by atoms with Crippen molar-refractivity contribution < 1.29 is 9.47 Å². The zero-order chi connectivity index (χ0) is 24.6. The summed E-state index contributed by atoms with van der Waals surface area (Å²) in [7, 11) is 3.25. The summed E-state index contributed by atoms with van der Waals surface area (Å²) in [6, 6.07) is 15.6. The molecule has 0 aliphatic carbocycles. The third kappa shape index (κ3) is 3.72. The molecule has 6 rings (SSSR count). The van der Waals surface area contributed by atoms with Gasteiger partial charge in [0.2, 0.25) is 5.88 Å². The average Bonchev–Trinajstić information content (AvgIpc) is 3.39. The molecule has 182 valence electrons. The second kappa shape index (κ2) is 8.97. The molecule has 3 aromatic heterocycles. The Morgan fingerprint density at radius 3 is 2.53 bits per heavy atom. The molecule has 2 N–H and O–H groups in total. The molecule has 36 heavy (non-hydrogen) atoms. The van der Waals surface area contributed by atoms with Crippen LogP contribution in [0.25, 0.3) is 38.8 Å². The van der Waals surface area contributed by atoms with Gasteiger partial charge in [-0.3, -0.25) is 4.79 Å². The van der Waals surface area contributed by atoms with Crippen LogP contribution in [0.5, 0.6) is 11.6 Å². The Balaban J connectivity index is 1.51. The van der Waals surface area contributed by atoms with E-state index >= 15 is 0 Å². The number of aromatic amines is 1. The van der Waals surface area contributed by atoms with Crippen molar-refractivity contribution in [3.8, 4) is 28.4 Å². The van der Waals surface area contributed by atoms with Gasteiger partial charge in [-0.2, -0.15) is 0 Å². The quantitative estimate of drug-likeness (QED) is 0.393. The lowest BCUT2D eigenvalue weighted by molar-refractivity contribution is 0.398. The number of ether oxygens (including phenoxy) is 2. The lowest BCUT2D eigenvalue weighted by atomic mass is 10.0. The highest BCUT2D eigenvalue weighted by atomic mass is 16.5. The van der Waals surface area contributed by atoms with Crippen LogP contribution in [0.4, 0.5) is 5.69 Å². The summed E-state index contributed by atoms with van der Waals surface area (Å²) in [6.45, 7) is 3.68. The number of fused-ring (bicyclic) bond motifs is 3. The molecule has 0 atom stereocenters. The predicted octanol–water partition coefficient (Wildman–Crippen LogP) is 2.75. The number of rotatable bonds is 5. The molecule has 10 heteroatoms. The van der Waals surface area contributed by atoms with Crippen LogP contribution in [0.1, 0.15) is 0 Å². The van der Waals surface area contributed by atoms with Gasteiger partial charge in [0, 0.05) is 55.5 Å². The van der Waals surface area contributed by atoms with E-state index in [4.69, 9.17) is 9.47 Å². The average molecular weight is 484 g/mol. The standard InChI is InChI=1S/C26H25N7O3/c1-35-22-14-18(5-7-21(22)32-11-9-27-10-12-32)33-25-19-13-16(17-4-8-23(36-2)28-15-17)3-6-20(19)29-26(34)24(25)30-31-33/h3-8,13-15,27H,9-12H2,1-2H3,(H,29,34). The summed E-state index contributed by atoms with van der Waals surface area (Å²) in [5.74, 6) is 1.30. The Hall–Kier alpha value is -4.44. The molecule has 0 unspecified atom stereocenters. The Bertz CT molecular complexity index is 1620. The minimum Gasteiger partial charge on any atom is -0.495 e. The van der Waals surface area contributed by atoms with Gasteiger partial charge in [-0.05, 0) is 35.9 Å². The Labute approximate surface area is 206 Å². The van der Waals surface area contributed by atoms with Crippen LogP contribution in [0.15, 0.2) is 59.5 Å². The summed E-state index contributed by atoms with van der Waals surface area (Å²) >= 11 is 0. The van der Waals surface area contributed by atoms with Gasteiger partial charge in [-0.25, -0.2) is 9.67 Å². The van der Waals surface area contributed by atoms with Crippen molar-refractivity contribution in [2.75, 3.05) is 45.3 Å². The smallest absolute Gasteiger partial charge is 0.278 e. The molecular weight excluding hydrogens is 458 g/mol. The molecule has 5 aromatic rings. The third-order valence-electron chi connectivity index (χ3n) is 6.55. The summed E-state index contributed by atoms with van der Waals surface area (Å²) in [6.07, 6.45) is 1.76.